The SMILES string of the molecule is FC(F)C1CNCCC1Cc1ccccc1. The van der Waals surface area contributed by atoms with Crippen molar-refractivity contribution in [3.8, 4) is 0 Å². The minimum absolute atomic E-state index is 0.114. The fraction of sp³-hybridized carbons (Fsp3) is 0.538. The molecule has 1 nitrogen and oxygen atoms in total. The van der Waals surface area contributed by atoms with Gasteiger partial charge >= 0.3 is 0 Å². The van der Waals surface area contributed by atoms with E-state index >= 15 is 0 Å². The molecule has 0 saturated carbocycles. The van der Waals surface area contributed by atoms with Crippen LogP contribution in [0.2, 0.25) is 0 Å². The number of rotatable bonds is 3. The van der Waals surface area contributed by atoms with Gasteiger partial charge in [-0.05, 0) is 30.9 Å². The Balaban J connectivity index is 2.01. The van der Waals surface area contributed by atoms with Gasteiger partial charge in [-0.25, -0.2) is 8.78 Å². The largest absolute Gasteiger partial charge is 0.316 e. The van der Waals surface area contributed by atoms with Gasteiger partial charge in [-0.15, -0.1) is 0 Å². The van der Waals surface area contributed by atoms with E-state index in [-0.39, 0.29) is 5.92 Å². The molecule has 1 aliphatic rings. The van der Waals surface area contributed by atoms with Crippen molar-refractivity contribution in [3.05, 3.63) is 35.9 Å². The second-order valence-electron chi connectivity index (χ2n) is 4.44. The molecule has 0 bridgehead atoms. The van der Waals surface area contributed by atoms with E-state index in [4.69, 9.17) is 0 Å². The molecule has 88 valence electrons. The van der Waals surface area contributed by atoms with Gasteiger partial charge in [0.05, 0.1) is 0 Å². The first-order chi connectivity index (χ1) is 7.77. The Morgan fingerprint density at radius 3 is 2.69 bits per heavy atom. The van der Waals surface area contributed by atoms with Crippen molar-refractivity contribution in [2.75, 3.05) is 13.1 Å². The maximum Gasteiger partial charge on any atom is 0.242 e. The normalized spacial score (nSPS) is 25.9. The summed E-state index contributed by atoms with van der Waals surface area (Å²) in [6.07, 6.45) is -0.581. The second kappa shape index (κ2) is 5.39. The van der Waals surface area contributed by atoms with E-state index in [0.29, 0.717) is 6.54 Å². The fourth-order valence-corrected chi connectivity index (χ4v) is 2.40. The van der Waals surface area contributed by atoms with E-state index in [1.807, 2.05) is 30.3 Å². The molecule has 0 radical (unpaired) electrons. The number of alkyl halides is 2. The Morgan fingerprint density at radius 1 is 1.25 bits per heavy atom. The smallest absolute Gasteiger partial charge is 0.242 e. The first-order valence-electron chi connectivity index (χ1n) is 5.80. The van der Waals surface area contributed by atoms with Gasteiger partial charge in [-0.3, -0.25) is 0 Å². The highest BCUT2D eigenvalue weighted by atomic mass is 19.3. The standard InChI is InChI=1S/C13H17F2N/c14-13(15)12-9-16-7-6-11(12)8-10-4-2-1-3-5-10/h1-5,11-13,16H,6-9H2. The van der Waals surface area contributed by atoms with Gasteiger partial charge in [0.25, 0.3) is 0 Å². The third-order valence-electron chi connectivity index (χ3n) is 3.34. The monoisotopic (exact) mass is 225 g/mol. The maximum absolute atomic E-state index is 12.8. The van der Waals surface area contributed by atoms with Crippen LogP contribution in [-0.4, -0.2) is 19.5 Å². The van der Waals surface area contributed by atoms with Crippen LogP contribution in [-0.2, 0) is 6.42 Å². The molecule has 1 fully saturated rings. The molecule has 1 aromatic carbocycles. The van der Waals surface area contributed by atoms with Crippen molar-refractivity contribution in [1.29, 1.82) is 0 Å². The van der Waals surface area contributed by atoms with Crippen LogP contribution in [0.3, 0.4) is 0 Å². The average Bonchev–Trinajstić information content (AvgIpc) is 2.31. The number of halogens is 2. The van der Waals surface area contributed by atoms with Crippen molar-refractivity contribution < 1.29 is 8.78 Å². The molecule has 3 heteroatoms. The van der Waals surface area contributed by atoms with Crippen molar-refractivity contribution in [2.45, 2.75) is 19.3 Å². The Labute approximate surface area is 94.9 Å². The van der Waals surface area contributed by atoms with E-state index in [1.165, 1.54) is 5.56 Å². The lowest BCUT2D eigenvalue weighted by molar-refractivity contribution is 0.0295. The first kappa shape index (κ1) is 11.5. The molecule has 0 spiro atoms. The third-order valence-corrected chi connectivity index (χ3v) is 3.34. The predicted molar refractivity (Wildman–Crippen MR) is 60.6 cm³/mol. The molecule has 0 amide bonds. The zero-order valence-corrected chi connectivity index (χ0v) is 9.20. The Morgan fingerprint density at radius 2 is 2.00 bits per heavy atom. The number of nitrogens with one attached hydrogen (secondary N) is 1. The lowest BCUT2D eigenvalue weighted by Gasteiger charge is -2.31. The highest BCUT2D eigenvalue weighted by Gasteiger charge is 2.31. The van der Waals surface area contributed by atoms with Gasteiger partial charge in [0.15, 0.2) is 0 Å². The second-order valence-corrected chi connectivity index (χ2v) is 4.44. The minimum atomic E-state index is -2.21. The van der Waals surface area contributed by atoms with Gasteiger partial charge in [0, 0.05) is 12.5 Å². The van der Waals surface area contributed by atoms with Crippen molar-refractivity contribution >= 4 is 0 Å². The lowest BCUT2D eigenvalue weighted by Crippen LogP contribution is -2.41. The number of hydrogen-bond acceptors (Lipinski definition) is 1. The topological polar surface area (TPSA) is 12.0 Å². The fourth-order valence-electron chi connectivity index (χ4n) is 2.40. The minimum Gasteiger partial charge on any atom is -0.316 e. The summed E-state index contributed by atoms with van der Waals surface area (Å²) in [6.45, 7) is 1.32. The third kappa shape index (κ3) is 2.79. The highest BCUT2D eigenvalue weighted by molar-refractivity contribution is 5.15. The van der Waals surface area contributed by atoms with Gasteiger partial charge in [0.2, 0.25) is 6.43 Å². The Bertz CT molecular complexity index is 313. The van der Waals surface area contributed by atoms with Crippen LogP contribution >= 0.6 is 0 Å². The molecule has 1 aromatic rings. The van der Waals surface area contributed by atoms with Crippen LogP contribution in [0.25, 0.3) is 0 Å². The lowest BCUT2D eigenvalue weighted by atomic mass is 9.82. The van der Waals surface area contributed by atoms with Crippen LogP contribution < -0.4 is 5.32 Å². The predicted octanol–water partition coefficient (Wildman–Crippen LogP) is 2.72. The molecule has 2 unspecified atom stereocenters. The quantitative estimate of drug-likeness (QED) is 0.834. The first-order valence-corrected chi connectivity index (χ1v) is 5.80. The summed E-state index contributed by atoms with van der Waals surface area (Å²) in [5.74, 6) is -0.377. The van der Waals surface area contributed by atoms with E-state index in [0.717, 1.165) is 19.4 Å². The summed E-state index contributed by atoms with van der Waals surface area (Å²) in [5.41, 5.74) is 1.17. The Hall–Kier alpha value is -0.960. The molecule has 16 heavy (non-hydrogen) atoms. The molecular formula is C13H17F2N. The summed E-state index contributed by atoms with van der Waals surface area (Å²) in [4.78, 5) is 0. The van der Waals surface area contributed by atoms with Gasteiger partial charge < -0.3 is 5.32 Å². The van der Waals surface area contributed by atoms with Crippen LogP contribution in [0.1, 0.15) is 12.0 Å². The zero-order valence-electron chi connectivity index (χ0n) is 9.20. The van der Waals surface area contributed by atoms with Gasteiger partial charge in [0.1, 0.15) is 0 Å². The van der Waals surface area contributed by atoms with Gasteiger partial charge in [-0.1, -0.05) is 30.3 Å². The van der Waals surface area contributed by atoms with Crippen molar-refractivity contribution in [3.63, 3.8) is 0 Å². The van der Waals surface area contributed by atoms with Crippen LogP contribution in [0.4, 0.5) is 8.78 Å². The van der Waals surface area contributed by atoms with E-state index in [9.17, 15) is 8.78 Å². The number of hydrogen-bond donors (Lipinski definition) is 1. The molecular weight excluding hydrogens is 208 g/mol. The molecule has 2 rings (SSSR count). The molecule has 1 heterocycles. The number of piperidine rings is 1. The molecule has 1 saturated heterocycles. The molecule has 0 aliphatic carbocycles. The van der Waals surface area contributed by atoms with Crippen LogP contribution in [0, 0.1) is 11.8 Å². The van der Waals surface area contributed by atoms with E-state index in [2.05, 4.69) is 5.32 Å². The average molecular weight is 225 g/mol. The van der Waals surface area contributed by atoms with Crippen molar-refractivity contribution in [2.24, 2.45) is 11.8 Å². The molecule has 1 aliphatic heterocycles. The van der Waals surface area contributed by atoms with E-state index in [1.54, 1.807) is 0 Å². The molecule has 0 aromatic heterocycles. The summed E-state index contributed by atoms with van der Waals surface area (Å²) in [5, 5.41) is 3.05. The van der Waals surface area contributed by atoms with Crippen molar-refractivity contribution in [1.82, 2.24) is 5.32 Å². The zero-order chi connectivity index (χ0) is 11.4. The number of benzene rings is 1. The summed E-state index contributed by atoms with van der Waals surface area (Å²) in [6, 6.07) is 9.92. The summed E-state index contributed by atoms with van der Waals surface area (Å²) < 4.78 is 25.7. The summed E-state index contributed by atoms with van der Waals surface area (Å²) in [7, 11) is 0. The molecule has 2 atom stereocenters. The van der Waals surface area contributed by atoms with Crippen LogP contribution in [0.5, 0.6) is 0 Å². The maximum atomic E-state index is 12.8. The van der Waals surface area contributed by atoms with Gasteiger partial charge in [-0.2, -0.15) is 0 Å². The highest BCUT2D eigenvalue weighted by Crippen LogP contribution is 2.28. The Kier molecular flexibility index (Phi) is 3.88. The van der Waals surface area contributed by atoms with Crippen LogP contribution in [0.15, 0.2) is 30.3 Å². The van der Waals surface area contributed by atoms with E-state index < -0.39 is 12.3 Å². The molecule has 1 N–H and O–H groups in total. The summed E-state index contributed by atoms with van der Waals surface area (Å²) >= 11 is 0.